The fourth-order valence-electron chi connectivity index (χ4n) is 0.842. The Labute approximate surface area is 76.1 Å². The lowest BCUT2D eigenvalue weighted by molar-refractivity contribution is 0.702. The Kier molecular flexibility index (Phi) is 3.71. The molecule has 12 heavy (non-hydrogen) atoms. The Balaban J connectivity index is 2.25. The second kappa shape index (κ2) is 4.86. The number of thiazole rings is 1. The minimum atomic E-state index is 0.567. The van der Waals surface area contributed by atoms with Crippen LogP contribution in [-0.4, -0.2) is 11.5 Å². The number of nitrogens with one attached hydrogen (secondary N) is 1. The van der Waals surface area contributed by atoms with Gasteiger partial charge in [0.15, 0.2) is 0 Å². The first-order chi connectivity index (χ1) is 5.84. The van der Waals surface area contributed by atoms with E-state index in [0.717, 1.165) is 18.8 Å². The Morgan fingerprint density at radius 2 is 2.58 bits per heavy atom. The zero-order valence-corrected chi connectivity index (χ0v) is 7.82. The highest BCUT2D eigenvalue weighted by molar-refractivity contribution is 7.09. The number of hydrogen-bond acceptors (Lipinski definition) is 4. The standard InChI is InChI=1S/C8H11N3S/c1-7-8(12-6-11-7)5-10-4-2-3-9/h6,10H,2,4-5H2,1H3. The molecule has 0 radical (unpaired) electrons. The van der Waals surface area contributed by atoms with Crippen LogP contribution in [0.3, 0.4) is 0 Å². The Hall–Kier alpha value is -0.920. The number of aromatic nitrogens is 1. The van der Waals surface area contributed by atoms with E-state index < -0.39 is 0 Å². The average Bonchev–Trinajstić information content (AvgIpc) is 2.46. The van der Waals surface area contributed by atoms with E-state index in [-0.39, 0.29) is 0 Å². The first kappa shape index (κ1) is 9.17. The van der Waals surface area contributed by atoms with E-state index in [1.807, 2.05) is 12.4 Å². The summed E-state index contributed by atoms with van der Waals surface area (Å²) in [5, 5.41) is 11.5. The highest BCUT2D eigenvalue weighted by Crippen LogP contribution is 2.10. The molecule has 0 fully saturated rings. The van der Waals surface area contributed by atoms with Crippen LogP contribution in [0.4, 0.5) is 0 Å². The van der Waals surface area contributed by atoms with Crippen molar-refractivity contribution in [2.45, 2.75) is 19.9 Å². The van der Waals surface area contributed by atoms with E-state index in [2.05, 4.69) is 16.4 Å². The first-order valence-electron chi connectivity index (χ1n) is 3.81. The summed E-state index contributed by atoms with van der Waals surface area (Å²) in [6.07, 6.45) is 0.567. The summed E-state index contributed by atoms with van der Waals surface area (Å²) in [7, 11) is 0. The molecule has 1 rings (SSSR count). The predicted molar refractivity (Wildman–Crippen MR) is 48.8 cm³/mol. The van der Waals surface area contributed by atoms with Gasteiger partial charge in [-0.15, -0.1) is 11.3 Å². The van der Waals surface area contributed by atoms with Crippen LogP contribution in [0.1, 0.15) is 17.0 Å². The third-order valence-electron chi connectivity index (χ3n) is 1.54. The molecule has 0 amide bonds. The second-order valence-electron chi connectivity index (χ2n) is 2.45. The van der Waals surface area contributed by atoms with Gasteiger partial charge in [0.25, 0.3) is 0 Å². The van der Waals surface area contributed by atoms with Gasteiger partial charge in [-0.1, -0.05) is 0 Å². The van der Waals surface area contributed by atoms with Crippen LogP contribution in [0.2, 0.25) is 0 Å². The van der Waals surface area contributed by atoms with Crippen molar-refractivity contribution in [2.75, 3.05) is 6.54 Å². The van der Waals surface area contributed by atoms with Gasteiger partial charge in [0.05, 0.1) is 17.3 Å². The van der Waals surface area contributed by atoms with Crippen molar-refractivity contribution in [2.24, 2.45) is 0 Å². The Morgan fingerprint density at radius 3 is 3.17 bits per heavy atom. The molecule has 1 aromatic rings. The van der Waals surface area contributed by atoms with Gasteiger partial charge in [0, 0.05) is 24.4 Å². The molecule has 1 heterocycles. The Morgan fingerprint density at radius 1 is 1.75 bits per heavy atom. The highest BCUT2D eigenvalue weighted by atomic mass is 32.1. The van der Waals surface area contributed by atoms with Crippen molar-refractivity contribution < 1.29 is 0 Å². The zero-order chi connectivity index (χ0) is 8.81. The van der Waals surface area contributed by atoms with Gasteiger partial charge in [-0.25, -0.2) is 4.98 Å². The topological polar surface area (TPSA) is 48.7 Å². The van der Waals surface area contributed by atoms with E-state index in [0.29, 0.717) is 6.42 Å². The molecular weight excluding hydrogens is 170 g/mol. The second-order valence-corrected chi connectivity index (χ2v) is 3.39. The first-order valence-corrected chi connectivity index (χ1v) is 4.69. The fourth-order valence-corrected chi connectivity index (χ4v) is 1.59. The van der Waals surface area contributed by atoms with E-state index >= 15 is 0 Å². The molecule has 4 heteroatoms. The minimum Gasteiger partial charge on any atom is -0.311 e. The zero-order valence-electron chi connectivity index (χ0n) is 7.00. The van der Waals surface area contributed by atoms with Crippen molar-refractivity contribution in [1.29, 1.82) is 5.26 Å². The molecule has 64 valence electrons. The number of hydrogen-bond donors (Lipinski definition) is 1. The lowest BCUT2D eigenvalue weighted by Gasteiger charge is -1.98. The molecule has 0 atom stereocenters. The lowest BCUT2D eigenvalue weighted by atomic mass is 10.4. The Bertz CT molecular complexity index is 274. The summed E-state index contributed by atoms with van der Waals surface area (Å²) in [5.41, 5.74) is 2.93. The molecule has 0 bridgehead atoms. The van der Waals surface area contributed by atoms with Gasteiger partial charge in [-0.05, 0) is 6.92 Å². The smallest absolute Gasteiger partial charge is 0.0798 e. The molecule has 0 unspecified atom stereocenters. The van der Waals surface area contributed by atoms with Gasteiger partial charge in [0.1, 0.15) is 0 Å². The summed E-state index contributed by atoms with van der Waals surface area (Å²) in [6, 6.07) is 2.09. The molecule has 0 saturated heterocycles. The van der Waals surface area contributed by atoms with Crippen molar-refractivity contribution in [1.82, 2.24) is 10.3 Å². The molecule has 1 N–H and O–H groups in total. The molecule has 0 spiro atoms. The van der Waals surface area contributed by atoms with E-state index in [1.165, 1.54) is 4.88 Å². The largest absolute Gasteiger partial charge is 0.311 e. The van der Waals surface area contributed by atoms with Crippen LogP contribution in [0.25, 0.3) is 0 Å². The summed E-state index contributed by atoms with van der Waals surface area (Å²) in [4.78, 5) is 5.39. The number of rotatable bonds is 4. The average molecular weight is 181 g/mol. The quantitative estimate of drug-likeness (QED) is 0.715. The lowest BCUT2D eigenvalue weighted by Crippen LogP contribution is -2.13. The molecule has 3 nitrogen and oxygen atoms in total. The van der Waals surface area contributed by atoms with E-state index in [4.69, 9.17) is 5.26 Å². The van der Waals surface area contributed by atoms with Crippen LogP contribution < -0.4 is 5.32 Å². The maximum Gasteiger partial charge on any atom is 0.0798 e. The summed E-state index contributed by atoms with van der Waals surface area (Å²) in [6.45, 7) is 3.59. The maximum atomic E-state index is 8.28. The molecule has 0 aliphatic carbocycles. The summed E-state index contributed by atoms with van der Waals surface area (Å²) in [5.74, 6) is 0. The molecule has 0 aromatic carbocycles. The SMILES string of the molecule is Cc1ncsc1CNCCC#N. The third-order valence-corrected chi connectivity index (χ3v) is 2.48. The van der Waals surface area contributed by atoms with Gasteiger partial charge >= 0.3 is 0 Å². The summed E-state index contributed by atoms with van der Waals surface area (Å²) >= 11 is 1.65. The molecular formula is C8H11N3S. The van der Waals surface area contributed by atoms with Crippen LogP contribution in [-0.2, 0) is 6.54 Å². The maximum absolute atomic E-state index is 8.28. The normalized spacial score (nSPS) is 9.67. The highest BCUT2D eigenvalue weighted by Gasteiger charge is 1.98. The number of aryl methyl sites for hydroxylation is 1. The molecule has 0 aliphatic heterocycles. The van der Waals surface area contributed by atoms with Crippen molar-refractivity contribution in [3.8, 4) is 6.07 Å². The number of nitriles is 1. The van der Waals surface area contributed by atoms with E-state index in [9.17, 15) is 0 Å². The minimum absolute atomic E-state index is 0.567. The third kappa shape index (κ3) is 2.61. The number of nitrogens with zero attached hydrogens (tertiary/aromatic N) is 2. The van der Waals surface area contributed by atoms with Crippen LogP contribution >= 0.6 is 11.3 Å². The van der Waals surface area contributed by atoms with Gasteiger partial charge in [-0.2, -0.15) is 5.26 Å². The fraction of sp³-hybridized carbons (Fsp3) is 0.500. The molecule has 1 aromatic heterocycles. The molecule has 0 aliphatic rings. The van der Waals surface area contributed by atoms with Crippen LogP contribution in [0.15, 0.2) is 5.51 Å². The van der Waals surface area contributed by atoms with Gasteiger partial charge < -0.3 is 5.32 Å². The van der Waals surface area contributed by atoms with E-state index in [1.54, 1.807) is 11.3 Å². The van der Waals surface area contributed by atoms with Crippen LogP contribution in [0.5, 0.6) is 0 Å². The van der Waals surface area contributed by atoms with Crippen molar-refractivity contribution in [3.05, 3.63) is 16.1 Å². The summed E-state index contributed by atoms with van der Waals surface area (Å²) < 4.78 is 0. The predicted octanol–water partition coefficient (Wildman–Crippen LogP) is 1.45. The molecule has 0 saturated carbocycles. The van der Waals surface area contributed by atoms with Crippen LogP contribution in [0, 0.1) is 18.3 Å². The van der Waals surface area contributed by atoms with Gasteiger partial charge in [0.2, 0.25) is 0 Å². The monoisotopic (exact) mass is 181 g/mol. The van der Waals surface area contributed by atoms with Gasteiger partial charge in [-0.3, -0.25) is 0 Å². The van der Waals surface area contributed by atoms with Crippen molar-refractivity contribution in [3.63, 3.8) is 0 Å². The van der Waals surface area contributed by atoms with Crippen molar-refractivity contribution >= 4 is 11.3 Å².